The molecule has 0 aliphatic heterocycles. The molecule has 3 rings (SSSR count). The number of rotatable bonds is 6. The van der Waals surface area contributed by atoms with Gasteiger partial charge in [0, 0.05) is 16.6 Å². The van der Waals surface area contributed by atoms with Crippen LogP contribution < -0.4 is 4.74 Å². The SMILES string of the molecule is CN(C)C[C@@H](F)[C@H](Oc1cccc2sccc12)c1ccccc1. The van der Waals surface area contributed by atoms with E-state index >= 15 is 0 Å². The van der Waals surface area contributed by atoms with Crippen LogP contribution in [-0.4, -0.2) is 31.7 Å². The second-order valence-electron chi connectivity index (χ2n) is 5.82. The summed E-state index contributed by atoms with van der Waals surface area (Å²) in [6.45, 7) is 0.319. The summed E-state index contributed by atoms with van der Waals surface area (Å²) in [6, 6.07) is 17.5. The van der Waals surface area contributed by atoms with Crippen molar-refractivity contribution in [2.45, 2.75) is 12.3 Å². The number of nitrogens with zero attached hydrogens (tertiary/aromatic N) is 1. The van der Waals surface area contributed by atoms with Gasteiger partial charge in [-0.05, 0) is 43.2 Å². The fourth-order valence-electron chi connectivity index (χ4n) is 2.64. The first-order valence-electron chi connectivity index (χ1n) is 7.62. The van der Waals surface area contributed by atoms with Crippen LogP contribution in [0.2, 0.25) is 0 Å². The van der Waals surface area contributed by atoms with Crippen molar-refractivity contribution in [2.75, 3.05) is 20.6 Å². The van der Waals surface area contributed by atoms with E-state index in [1.165, 1.54) is 0 Å². The van der Waals surface area contributed by atoms with Crippen molar-refractivity contribution in [1.29, 1.82) is 0 Å². The van der Waals surface area contributed by atoms with Gasteiger partial charge < -0.3 is 9.64 Å². The maximum atomic E-state index is 14.9. The second kappa shape index (κ2) is 7.11. The quantitative estimate of drug-likeness (QED) is 0.636. The molecule has 23 heavy (non-hydrogen) atoms. The van der Waals surface area contributed by atoms with Gasteiger partial charge >= 0.3 is 0 Å². The van der Waals surface area contributed by atoms with E-state index in [0.717, 1.165) is 21.4 Å². The summed E-state index contributed by atoms with van der Waals surface area (Å²) < 4.78 is 22.1. The number of fused-ring (bicyclic) bond motifs is 1. The summed E-state index contributed by atoms with van der Waals surface area (Å²) in [5.74, 6) is 0.735. The first kappa shape index (κ1) is 16.0. The molecule has 120 valence electrons. The molecule has 0 saturated heterocycles. The molecule has 0 bridgehead atoms. The van der Waals surface area contributed by atoms with Gasteiger partial charge in [0.2, 0.25) is 0 Å². The Morgan fingerprint density at radius 3 is 2.57 bits per heavy atom. The average molecular weight is 329 g/mol. The molecule has 4 heteroatoms. The number of thiophene rings is 1. The van der Waals surface area contributed by atoms with Gasteiger partial charge in [-0.1, -0.05) is 36.4 Å². The molecule has 0 N–H and O–H groups in total. The van der Waals surface area contributed by atoms with E-state index in [9.17, 15) is 4.39 Å². The minimum atomic E-state index is -1.11. The Morgan fingerprint density at radius 1 is 1.04 bits per heavy atom. The summed E-state index contributed by atoms with van der Waals surface area (Å²) >= 11 is 1.66. The van der Waals surface area contributed by atoms with E-state index < -0.39 is 12.3 Å². The Balaban J connectivity index is 1.94. The van der Waals surface area contributed by atoms with E-state index in [4.69, 9.17) is 4.74 Å². The molecule has 0 radical (unpaired) electrons. The minimum absolute atomic E-state index is 0.319. The smallest absolute Gasteiger partial charge is 0.156 e. The van der Waals surface area contributed by atoms with Crippen LogP contribution in [0.3, 0.4) is 0 Å². The molecule has 0 spiro atoms. The number of halogens is 1. The standard InChI is InChI=1S/C19H20FNOS/c1-21(2)13-16(20)19(14-7-4-3-5-8-14)22-17-9-6-10-18-15(17)11-12-23-18/h3-12,16,19H,13H2,1-2H3/t16-,19-/m1/s1. The first-order valence-corrected chi connectivity index (χ1v) is 8.50. The summed E-state index contributed by atoms with van der Waals surface area (Å²) in [5, 5.41) is 3.07. The zero-order valence-corrected chi connectivity index (χ0v) is 14.1. The molecule has 0 amide bonds. The van der Waals surface area contributed by atoms with Crippen molar-refractivity contribution in [3.8, 4) is 5.75 Å². The van der Waals surface area contributed by atoms with Gasteiger partial charge in [0.1, 0.15) is 5.75 Å². The molecule has 0 aliphatic rings. The number of hydrogen-bond acceptors (Lipinski definition) is 3. The van der Waals surface area contributed by atoms with Crippen molar-refractivity contribution >= 4 is 21.4 Å². The molecular formula is C19H20FNOS. The molecule has 0 saturated carbocycles. The van der Waals surface area contributed by atoms with Crippen LogP contribution >= 0.6 is 11.3 Å². The first-order chi connectivity index (χ1) is 11.1. The van der Waals surface area contributed by atoms with Crippen LogP contribution in [0, 0.1) is 0 Å². The lowest BCUT2D eigenvalue weighted by atomic mass is 10.0. The molecular weight excluding hydrogens is 309 g/mol. The topological polar surface area (TPSA) is 12.5 Å². The maximum absolute atomic E-state index is 14.9. The van der Waals surface area contributed by atoms with Gasteiger partial charge in [0.25, 0.3) is 0 Å². The molecule has 2 atom stereocenters. The summed E-state index contributed by atoms with van der Waals surface area (Å²) in [7, 11) is 3.74. The molecule has 0 fully saturated rings. The maximum Gasteiger partial charge on any atom is 0.156 e. The molecule has 0 aliphatic carbocycles. The van der Waals surface area contributed by atoms with Crippen molar-refractivity contribution in [1.82, 2.24) is 4.90 Å². The number of alkyl halides is 1. The zero-order chi connectivity index (χ0) is 16.2. The van der Waals surface area contributed by atoms with Crippen molar-refractivity contribution in [3.63, 3.8) is 0 Å². The fraction of sp³-hybridized carbons (Fsp3) is 0.263. The Morgan fingerprint density at radius 2 is 1.83 bits per heavy atom. The lowest BCUT2D eigenvalue weighted by molar-refractivity contribution is 0.0819. The van der Waals surface area contributed by atoms with Gasteiger partial charge in [-0.25, -0.2) is 4.39 Å². The molecule has 0 unspecified atom stereocenters. The Hall–Kier alpha value is -1.91. The second-order valence-corrected chi connectivity index (χ2v) is 6.76. The third-order valence-corrected chi connectivity index (χ3v) is 4.59. The minimum Gasteiger partial charge on any atom is -0.482 e. The van der Waals surface area contributed by atoms with E-state index in [2.05, 4.69) is 6.07 Å². The third-order valence-electron chi connectivity index (χ3n) is 3.71. The lowest BCUT2D eigenvalue weighted by Crippen LogP contribution is -2.30. The summed E-state index contributed by atoms with van der Waals surface area (Å²) in [5.41, 5.74) is 0.856. The number of benzene rings is 2. The Labute approximate surface area is 140 Å². The predicted molar refractivity (Wildman–Crippen MR) is 95.1 cm³/mol. The lowest BCUT2D eigenvalue weighted by Gasteiger charge is -2.25. The Bertz CT molecular complexity index is 756. The summed E-state index contributed by atoms with van der Waals surface area (Å²) in [4.78, 5) is 1.84. The van der Waals surface area contributed by atoms with Crippen LogP contribution in [0.15, 0.2) is 60.0 Å². The van der Waals surface area contributed by atoms with Gasteiger partial charge in [0.05, 0.1) is 0 Å². The van der Waals surface area contributed by atoms with E-state index in [1.807, 2.05) is 72.9 Å². The number of hydrogen-bond donors (Lipinski definition) is 0. The normalized spacial score (nSPS) is 14.1. The molecule has 1 heterocycles. The van der Waals surface area contributed by atoms with Crippen molar-refractivity contribution < 1.29 is 9.13 Å². The molecule has 2 nitrogen and oxygen atoms in total. The molecule has 1 aromatic heterocycles. The van der Waals surface area contributed by atoms with Crippen molar-refractivity contribution in [2.24, 2.45) is 0 Å². The summed E-state index contributed by atoms with van der Waals surface area (Å²) in [6.07, 6.45) is -1.73. The molecule has 3 aromatic rings. The fourth-order valence-corrected chi connectivity index (χ4v) is 3.45. The monoisotopic (exact) mass is 329 g/mol. The molecule has 2 aromatic carbocycles. The largest absolute Gasteiger partial charge is 0.482 e. The van der Waals surface area contributed by atoms with Gasteiger partial charge in [0.15, 0.2) is 12.3 Å². The van der Waals surface area contributed by atoms with E-state index in [0.29, 0.717) is 6.54 Å². The van der Waals surface area contributed by atoms with Crippen LogP contribution in [0.25, 0.3) is 10.1 Å². The highest BCUT2D eigenvalue weighted by molar-refractivity contribution is 7.17. The highest BCUT2D eigenvalue weighted by Gasteiger charge is 2.26. The van der Waals surface area contributed by atoms with Crippen LogP contribution in [0.5, 0.6) is 5.75 Å². The third kappa shape index (κ3) is 3.71. The van der Waals surface area contributed by atoms with Crippen LogP contribution in [-0.2, 0) is 0 Å². The van der Waals surface area contributed by atoms with Crippen LogP contribution in [0.1, 0.15) is 11.7 Å². The highest BCUT2D eigenvalue weighted by Crippen LogP contribution is 2.34. The number of ether oxygens (including phenoxy) is 1. The van der Waals surface area contributed by atoms with Gasteiger partial charge in [-0.2, -0.15) is 0 Å². The zero-order valence-electron chi connectivity index (χ0n) is 13.3. The van der Waals surface area contributed by atoms with Gasteiger partial charge in [-0.3, -0.25) is 0 Å². The van der Waals surface area contributed by atoms with Crippen molar-refractivity contribution in [3.05, 3.63) is 65.5 Å². The van der Waals surface area contributed by atoms with E-state index in [1.54, 1.807) is 11.3 Å². The van der Waals surface area contributed by atoms with Gasteiger partial charge in [-0.15, -0.1) is 11.3 Å². The highest BCUT2D eigenvalue weighted by atomic mass is 32.1. The predicted octanol–water partition coefficient (Wildman–Crippen LogP) is 4.92. The average Bonchev–Trinajstić information content (AvgIpc) is 3.02. The van der Waals surface area contributed by atoms with E-state index in [-0.39, 0.29) is 0 Å². The van der Waals surface area contributed by atoms with Crippen LogP contribution in [0.4, 0.5) is 4.39 Å². The Kier molecular flexibility index (Phi) is 4.94.